The lowest BCUT2D eigenvalue weighted by Crippen LogP contribution is -2.27. The minimum absolute atomic E-state index is 0.113. The first-order chi connectivity index (χ1) is 6.99. The van der Waals surface area contributed by atoms with Gasteiger partial charge in [0.05, 0.1) is 0 Å². The van der Waals surface area contributed by atoms with E-state index in [1.54, 1.807) is 11.9 Å². The molecule has 0 bridgehead atoms. The van der Waals surface area contributed by atoms with Crippen LogP contribution < -0.4 is 0 Å². The highest BCUT2D eigenvalue weighted by molar-refractivity contribution is 5.80. The maximum absolute atomic E-state index is 11.4. The second-order valence-corrected chi connectivity index (χ2v) is 4.29. The molecule has 3 nitrogen and oxygen atoms in total. The van der Waals surface area contributed by atoms with Crippen molar-refractivity contribution in [2.75, 3.05) is 13.6 Å². The Labute approximate surface area is 92.8 Å². The second kappa shape index (κ2) is 7.43. The van der Waals surface area contributed by atoms with Crippen molar-refractivity contribution in [1.29, 1.82) is 0 Å². The first-order valence-electron chi connectivity index (χ1n) is 5.75. The van der Waals surface area contributed by atoms with Crippen molar-refractivity contribution < 1.29 is 9.59 Å². The largest absolute Gasteiger partial charge is 0.346 e. The van der Waals surface area contributed by atoms with E-state index in [1.165, 1.54) is 0 Å². The highest BCUT2D eigenvalue weighted by Crippen LogP contribution is 2.03. The van der Waals surface area contributed by atoms with E-state index >= 15 is 0 Å². The molecule has 0 unspecified atom stereocenters. The number of carbonyl (C=O) groups is 2. The van der Waals surface area contributed by atoms with Crippen molar-refractivity contribution in [3.8, 4) is 0 Å². The second-order valence-electron chi connectivity index (χ2n) is 4.29. The SMILES string of the molecule is CCCC(=O)N(C)CCCC(=O)C(C)C. The molecule has 0 aromatic carbocycles. The highest BCUT2D eigenvalue weighted by Gasteiger charge is 2.10. The summed E-state index contributed by atoms with van der Waals surface area (Å²) in [5, 5.41) is 0. The summed E-state index contributed by atoms with van der Waals surface area (Å²) in [6.45, 7) is 6.51. The summed E-state index contributed by atoms with van der Waals surface area (Å²) in [6.07, 6.45) is 2.85. The van der Waals surface area contributed by atoms with Gasteiger partial charge in [0.2, 0.25) is 5.91 Å². The Bertz CT molecular complexity index is 212. The van der Waals surface area contributed by atoms with E-state index in [0.29, 0.717) is 19.4 Å². The Morgan fingerprint density at radius 1 is 1.20 bits per heavy atom. The molecular formula is C12H23NO2. The minimum atomic E-state index is 0.113. The number of hydrogen-bond acceptors (Lipinski definition) is 2. The fourth-order valence-electron chi connectivity index (χ4n) is 1.31. The first-order valence-corrected chi connectivity index (χ1v) is 5.75. The summed E-state index contributed by atoms with van der Waals surface area (Å²) in [6, 6.07) is 0. The van der Waals surface area contributed by atoms with Crippen molar-refractivity contribution in [2.24, 2.45) is 5.92 Å². The molecule has 0 radical (unpaired) electrons. The molecule has 0 saturated heterocycles. The van der Waals surface area contributed by atoms with E-state index < -0.39 is 0 Å². The number of Topliss-reactive ketones (excluding diaryl/α,β-unsaturated/α-hetero) is 1. The van der Waals surface area contributed by atoms with Crippen LogP contribution in [0.1, 0.15) is 46.5 Å². The van der Waals surface area contributed by atoms with Gasteiger partial charge in [0.15, 0.2) is 0 Å². The molecule has 0 aliphatic heterocycles. The van der Waals surface area contributed by atoms with E-state index in [0.717, 1.165) is 12.8 Å². The van der Waals surface area contributed by atoms with Gasteiger partial charge < -0.3 is 4.90 Å². The zero-order valence-electron chi connectivity index (χ0n) is 10.4. The summed E-state index contributed by atoms with van der Waals surface area (Å²) >= 11 is 0. The van der Waals surface area contributed by atoms with Crippen LogP contribution in [0.25, 0.3) is 0 Å². The number of amides is 1. The van der Waals surface area contributed by atoms with Crippen LogP contribution in [0.3, 0.4) is 0 Å². The molecule has 0 N–H and O–H groups in total. The average molecular weight is 213 g/mol. The molecular weight excluding hydrogens is 190 g/mol. The zero-order valence-corrected chi connectivity index (χ0v) is 10.4. The van der Waals surface area contributed by atoms with Crippen LogP contribution in [-0.4, -0.2) is 30.2 Å². The van der Waals surface area contributed by atoms with Gasteiger partial charge in [-0.25, -0.2) is 0 Å². The molecule has 0 spiro atoms. The summed E-state index contributed by atoms with van der Waals surface area (Å²) in [4.78, 5) is 24.4. The molecule has 0 aliphatic carbocycles. The van der Waals surface area contributed by atoms with Gasteiger partial charge >= 0.3 is 0 Å². The van der Waals surface area contributed by atoms with Gasteiger partial charge in [-0.15, -0.1) is 0 Å². The van der Waals surface area contributed by atoms with Crippen LogP contribution in [0, 0.1) is 5.92 Å². The Hall–Kier alpha value is -0.860. The number of rotatable bonds is 7. The third-order valence-corrected chi connectivity index (χ3v) is 2.45. The lowest BCUT2D eigenvalue weighted by atomic mass is 10.0. The van der Waals surface area contributed by atoms with E-state index in [2.05, 4.69) is 0 Å². The maximum atomic E-state index is 11.4. The Kier molecular flexibility index (Phi) is 7.01. The van der Waals surface area contributed by atoms with Crippen molar-refractivity contribution in [3.05, 3.63) is 0 Å². The lowest BCUT2D eigenvalue weighted by molar-refractivity contribution is -0.130. The molecule has 0 aromatic rings. The van der Waals surface area contributed by atoms with Crippen LogP contribution in [0.15, 0.2) is 0 Å². The number of carbonyl (C=O) groups excluding carboxylic acids is 2. The van der Waals surface area contributed by atoms with Crippen LogP contribution in [-0.2, 0) is 9.59 Å². The van der Waals surface area contributed by atoms with Gasteiger partial charge in [-0.2, -0.15) is 0 Å². The molecule has 88 valence electrons. The van der Waals surface area contributed by atoms with Gasteiger partial charge in [-0.05, 0) is 12.8 Å². The maximum Gasteiger partial charge on any atom is 0.222 e. The van der Waals surface area contributed by atoms with Crippen molar-refractivity contribution in [1.82, 2.24) is 4.90 Å². The molecule has 3 heteroatoms. The van der Waals surface area contributed by atoms with Crippen LogP contribution in [0.5, 0.6) is 0 Å². The number of ketones is 1. The highest BCUT2D eigenvalue weighted by atomic mass is 16.2. The molecule has 0 atom stereocenters. The topological polar surface area (TPSA) is 37.4 Å². The van der Waals surface area contributed by atoms with Gasteiger partial charge in [0, 0.05) is 32.4 Å². The Morgan fingerprint density at radius 2 is 1.80 bits per heavy atom. The molecule has 1 amide bonds. The van der Waals surface area contributed by atoms with E-state index in [-0.39, 0.29) is 17.6 Å². The van der Waals surface area contributed by atoms with Gasteiger partial charge in [0.1, 0.15) is 5.78 Å². The number of hydrogen-bond donors (Lipinski definition) is 0. The van der Waals surface area contributed by atoms with E-state index in [9.17, 15) is 9.59 Å². The molecule has 0 fully saturated rings. The first kappa shape index (κ1) is 14.1. The minimum Gasteiger partial charge on any atom is -0.346 e. The average Bonchev–Trinajstić information content (AvgIpc) is 2.17. The predicted molar refractivity (Wildman–Crippen MR) is 61.6 cm³/mol. The summed E-state index contributed by atoms with van der Waals surface area (Å²) < 4.78 is 0. The van der Waals surface area contributed by atoms with Gasteiger partial charge in [-0.1, -0.05) is 20.8 Å². The Balaban J connectivity index is 3.67. The fraction of sp³-hybridized carbons (Fsp3) is 0.833. The number of nitrogens with zero attached hydrogens (tertiary/aromatic N) is 1. The standard InChI is InChI=1S/C12H23NO2/c1-5-7-12(15)13(4)9-6-8-11(14)10(2)3/h10H,5-9H2,1-4H3. The van der Waals surface area contributed by atoms with Crippen LogP contribution >= 0.6 is 0 Å². The fourth-order valence-corrected chi connectivity index (χ4v) is 1.31. The molecule has 0 aliphatic rings. The van der Waals surface area contributed by atoms with Crippen LogP contribution in [0.4, 0.5) is 0 Å². The normalized spacial score (nSPS) is 10.5. The predicted octanol–water partition coefficient (Wildman–Crippen LogP) is 2.25. The molecule has 15 heavy (non-hydrogen) atoms. The summed E-state index contributed by atoms with van der Waals surface area (Å²) in [5.41, 5.74) is 0. The quantitative estimate of drug-likeness (QED) is 0.650. The van der Waals surface area contributed by atoms with E-state index in [1.807, 2.05) is 20.8 Å². The zero-order chi connectivity index (χ0) is 11.8. The molecule has 0 aromatic heterocycles. The molecule has 0 rings (SSSR count). The van der Waals surface area contributed by atoms with Gasteiger partial charge in [0.25, 0.3) is 0 Å². The summed E-state index contributed by atoms with van der Waals surface area (Å²) in [7, 11) is 1.80. The van der Waals surface area contributed by atoms with Crippen molar-refractivity contribution in [2.45, 2.75) is 46.5 Å². The van der Waals surface area contributed by atoms with Gasteiger partial charge in [-0.3, -0.25) is 9.59 Å². The third-order valence-electron chi connectivity index (χ3n) is 2.45. The Morgan fingerprint density at radius 3 is 2.27 bits per heavy atom. The lowest BCUT2D eigenvalue weighted by Gasteiger charge is -2.16. The van der Waals surface area contributed by atoms with Crippen molar-refractivity contribution >= 4 is 11.7 Å². The molecule has 0 saturated carbocycles. The van der Waals surface area contributed by atoms with E-state index in [4.69, 9.17) is 0 Å². The summed E-state index contributed by atoms with van der Waals surface area (Å²) in [5.74, 6) is 0.572. The monoisotopic (exact) mass is 213 g/mol. The van der Waals surface area contributed by atoms with Crippen molar-refractivity contribution in [3.63, 3.8) is 0 Å². The van der Waals surface area contributed by atoms with Crippen LogP contribution in [0.2, 0.25) is 0 Å². The molecule has 0 heterocycles. The third kappa shape index (κ3) is 6.26. The smallest absolute Gasteiger partial charge is 0.222 e.